The minimum Gasteiger partial charge on any atom is -0.466 e. The number of nitrogens with zero attached hydrogens (tertiary/aromatic N) is 2. The summed E-state index contributed by atoms with van der Waals surface area (Å²) < 4.78 is 10.7. The first kappa shape index (κ1) is 24.4. The van der Waals surface area contributed by atoms with Gasteiger partial charge in [-0.2, -0.15) is 0 Å². The van der Waals surface area contributed by atoms with E-state index in [0.29, 0.717) is 45.6 Å². The van der Waals surface area contributed by atoms with Gasteiger partial charge in [0.1, 0.15) is 11.5 Å². The Morgan fingerprint density at radius 3 is 2.55 bits per heavy atom. The largest absolute Gasteiger partial charge is 0.466 e. The van der Waals surface area contributed by atoms with E-state index < -0.39 is 0 Å². The summed E-state index contributed by atoms with van der Waals surface area (Å²) in [5.74, 6) is 1.43. The maximum atomic E-state index is 13.2. The molecule has 0 saturated heterocycles. The highest BCUT2D eigenvalue weighted by Gasteiger charge is 2.19. The van der Waals surface area contributed by atoms with E-state index in [1.807, 2.05) is 47.1 Å². The number of amides is 1. The number of carbonyl (C=O) groups excluding carboxylic acids is 2. The molecular formula is C25H34N2O4. The number of aryl methyl sites for hydroxylation is 1. The van der Waals surface area contributed by atoms with Crippen LogP contribution in [-0.4, -0.2) is 54.5 Å². The van der Waals surface area contributed by atoms with Crippen LogP contribution in [0.25, 0.3) is 0 Å². The van der Waals surface area contributed by atoms with E-state index in [4.69, 9.17) is 9.15 Å². The van der Waals surface area contributed by atoms with Gasteiger partial charge in [-0.1, -0.05) is 36.4 Å². The average Bonchev–Trinajstić information content (AvgIpc) is 3.16. The zero-order valence-electron chi connectivity index (χ0n) is 18.7. The molecule has 2 aromatic rings. The molecule has 0 atom stereocenters. The van der Waals surface area contributed by atoms with E-state index in [-0.39, 0.29) is 18.4 Å². The van der Waals surface area contributed by atoms with Gasteiger partial charge in [0.25, 0.3) is 0 Å². The number of esters is 1. The fourth-order valence-corrected chi connectivity index (χ4v) is 3.35. The molecule has 0 aliphatic carbocycles. The normalized spacial score (nSPS) is 10.8. The first-order valence-electron chi connectivity index (χ1n) is 10.9. The van der Waals surface area contributed by atoms with Crippen LogP contribution in [0.15, 0.2) is 59.5 Å². The summed E-state index contributed by atoms with van der Waals surface area (Å²) in [4.78, 5) is 28.6. The van der Waals surface area contributed by atoms with E-state index in [1.165, 1.54) is 5.56 Å². The third-order valence-electron chi connectivity index (χ3n) is 4.92. The van der Waals surface area contributed by atoms with Gasteiger partial charge in [-0.15, -0.1) is 6.58 Å². The molecule has 31 heavy (non-hydrogen) atoms. The first-order valence-corrected chi connectivity index (χ1v) is 10.9. The Labute approximate surface area is 185 Å². The van der Waals surface area contributed by atoms with Gasteiger partial charge in [0, 0.05) is 19.5 Å². The summed E-state index contributed by atoms with van der Waals surface area (Å²) in [5, 5.41) is 0. The lowest BCUT2D eigenvalue weighted by Crippen LogP contribution is -2.41. The number of carbonyl (C=O) groups is 2. The summed E-state index contributed by atoms with van der Waals surface area (Å²) >= 11 is 0. The van der Waals surface area contributed by atoms with E-state index in [0.717, 1.165) is 17.9 Å². The molecular weight excluding hydrogens is 392 g/mol. The molecule has 0 spiro atoms. The lowest BCUT2D eigenvalue weighted by Gasteiger charge is -2.26. The van der Waals surface area contributed by atoms with Gasteiger partial charge < -0.3 is 14.1 Å². The van der Waals surface area contributed by atoms with E-state index >= 15 is 0 Å². The lowest BCUT2D eigenvalue weighted by molar-refractivity contribution is -0.143. The van der Waals surface area contributed by atoms with E-state index in [2.05, 4.69) is 18.7 Å². The molecule has 6 heteroatoms. The average molecular weight is 427 g/mol. The predicted molar refractivity (Wildman–Crippen MR) is 122 cm³/mol. The van der Waals surface area contributed by atoms with Gasteiger partial charge in [-0.05, 0) is 50.9 Å². The number of rotatable bonds is 14. The van der Waals surface area contributed by atoms with Crippen LogP contribution in [0, 0.1) is 6.92 Å². The van der Waals surface area contributed by atoms with Gasteiger partial charge in [0.15, 0.2) is 0 Å². The van der Waals surface area contributed by atoms with Crippen LogP contribution in [0.4, 0.5) is 0 Å². The van der Waals surface area contributed by atoms with Gasteiger partial charge in [-0.3, -0.25) is 14.5 Å². The highest BCUT2D eigenvalue weighted by Crippen LogP contribution is 2.12. The lowest BCUT2D eigenvalue weighted by atomic mass is 10.1. The fraction of sp³-hybridized carbons (Fsp3) is 0.440. The second-order valence-electron chi connectivity index (χ2n) is 7.50. The Hall–Kier alpha value is -2.86. The summed E-state index contributed by atoms with van der Waals surface area (Å²) in [5.41, 5.74) is 1.19. The van der Waals surface area contributed by atoms with Crippen molar-refractivity contribution in [1.29, 1.82) is 0 Å². The molecule has 1 aromatic carbocycles. The number of furan rings is 1. The second-order valence-corrected chi connectivity index (χ2v) is 7.50. The van der Waals surface area contributed by atoms with Crippen LogP contribution >= 0.6 is 0 Å². The molecule has 0 unspecified atom stereocenters. The number of hydrogen-bond acceptors (Lipinski definition) is 5. The predicted octanol–water partition coefficient (Wildman–Crippen LogP) is 3.99. The molecule has 1 aromatic heterocycles. The number of hydrogen-bond donors (Lipinski definition) is 0. The van der Waals surface area contributed by atoms with Crippen LogP contribution in [0.5, 0.6) is 0 Å². The third kappa shape index (κ3) is 9.22. The van der Waals surface area contributed by atoms with Crippen LogP contribution in [0.1, 0.15) is 36.8 Å². The van der Waals surface area contributed by atoms with Crippen LogP contribution in [0.3, 0.4) is 0 Å². The minimum atomic E-state index is -0.204. The Kier molecular flexibility index (Phi) is 10.6. The monoisotopic (exact) mass is 426 g/mol. The van der Waals surface area contributed by atoms with Gasteiger partial charge in [0.05, 0.1) is 19.7 Å². The maximum Gasteiger partial charge on any atom is 0.305 e. The molecule has 1 amide bonds. The molecule has 2 rings (SSSR count). The molecule has 0 saturated carbocycles. The smallest absolute Gasteiger partial charge is 0.305 e. The van der Waals surface area contributed by atoms with E-state index in [1.54, 1.807) is 13.0 Å². The Bertz CT molecular complexity index is 816. The van der Waals surface area contributed by atoms with Crippen molar-refractivity contribution in [2.75, 3.05) is 32.8 Å². The molecule has 6 nitrogen and oxygen atoms in total. The highest BCUT2D eigenvalue weighted by molar-refractivity contribution is 5.78. The molecule has 0 fully saturated rings. The summed E-state index contributed by atoms with van der Waals surface area (Å²) in [6, 6.07) is 14.0. The van der Waals surface area contributed by atoms with Crippen molar-refractivity contribution < 1.29 is 18.7 Å². The Morgan fingerprint density at radius 1 is 1.13 bits per heavy atom. The zero-order chi connectivity index (χ0) is 22.5. The Balaban J connectivity index is 1.98. The molecule has 168 valence electrons. The molecule has 0 aliphatic heterocycles. The zero-order valence-corrected chi connectivity index (χ0v) is 18.7. The van der Waals surface area contributed by atoms with Crippen molar-refractivity contribution >= 4 is 11.9 Å². The SMILES string of the molecule is C=CCN(CCCC(=O)OCC)CC(=O)N(CCc1ccccc1)Cc1ccc(C)o1. The van der Waals surface area contributed by atoms with Crippen molar-refractivity contribution in [1.82, 2.24) is 9.80 Å². The van der Waals surface area contributed by atoms with Crippen molar-refractivity contribution in [2.45, 2.75) is 39.7 Å². The number of ether oxygens (including phenoxy) is 1. The Morgan fingerprint density at radius 2 is 1.90 bits per heavy atom. The third-order valence-corrected chi connectivity index (χ3v) is 4.92. The highest BCUT2D eigenvalue weighted by atomic mass is 16.5. The molecule has 0 N–H and O–H groups in total. The molecule has 0 radical (unpaired) electrons. The fourth-order valence-electron chi connectivity index (χ4n) is 3.35. The maximum absolute atomic E-state index is 13.2. The van der Waals surface area contributed by atoms with Crippen molar-refractivity contribution in [3.05, 3.63) is 72.2 Å². The van der Waals surface area contributed by atoms with E-state index in [9.17, 15) is 9.59 Å². The standard InChI is InChI=1S/C25H34N2O4/c1-4-16-26(17-9-12-25(29)30-5-2)20-24(28)27(19-23-14-13-21(3)31-23)18-15-22-10-7-6-8-11-22/h4,6-8,10-11,13-14H,1,5,9,12,15-20H2,2-3H3. The van der Waals surface area contributed by atoms with Crippen molar-refractivity contribution in [3.63, 3.8) is 0 Å². The van der Waals surface area contributed by atoms with Gasteiger partial charge >= 0.3 is 5.97 Å². The minimum absolute atomic E-state index is 0.0305. The van der Waals surface area contributed by atoms with Crippen molar-refractivity contribution in [3.8, 4) is 0 Å². The van der Waals surface area contributed by atoms with Crippen molar-refractivity contribution in [2.24, 2.45) is 0 Å². The van der Waals surface area contributed by atoms with Gasteiger partial charge in [0.2, 0.25) is 5.91 Å². The molecule has 0 aliphatic rings. The van der Waals surface area contributed by atoms with Crippen LogP contribution in [-0.2, 0) is 27.3 Å². The summed E-state index contributed by atoms with van der Waals surface area (Å²) in [7, 11) is 0. The van der Waals surface area contributed by atoms with Crippen LogP contribution < -0.4 is 0 Å². The molecule has 0 bridgehead atoms. The summed E-state index contributed by atoms with van der Waals surface area (Å²) in [6.07, 6.45) is 3.54. The topological polar surface area (TPSA) is 63.0 Å². The molecule has 1 heterocycles. The first-order chi connectivity index (χ1) is 15.0. The second kappa shape index (κ2) is 13.4. The summed E-state index contributed by atoms with van der Waals surface area (Å²) in [6.45, 7) is 10.4. The quantitative estimate of drug-likeness (QED) is 0.338. The van der Waals surface area contributed by atoms with Gasteiger partial charge in [-0.25, -0.2) is 0 Å². The number of benzene rings is 1. The van der Waals surface area contributed by atoms with Crippen LogP contribution in [0.2, 0.25) is 0 Å².